The number of hydrogen-bond donors (Lipinski definition) is 1. The molecule has 2 saturated heterocycles. The first-order valence-electron chi connectivity index (χ1n) is 10.2. The van der Waals surface area contributed by atoms with Crippen LogP contribution in [0.25, 0.3) is 0 Å². The molecule has 1 aromatic heterocycles. The molecule has 0 spiro atoms. The maximum atomic E-state index is 12.5. The molecule has 158 valence electrons. The second-order valence-electron chi connectivity index (χ2n) is 7.40. The molecule has 0 unspecified atom stereocenters. The van der Waals surface area contributed by atoms with E-state index in [0.29, 0.717) is 52.2 Å². The number of amides is 4. The summed E-state index contributed by atoms with van der Waals surface area (Å²) in [5.74, 6) is 1.11. The quantitative estimate of drug-likeness (QED) is 0.793. The molecular formula is C20H30N6O3. The van der Waals surface area contributed by atoms with Gasteiger partial charge >= 0.3 is 6.03 Å². The van der Waals surface area contributed by atoms with E-state index in [1.165, 1.54) is 0 Å². The van der Waals surface area contributed by atoms with Crippen molar-refractivity contribution in [2.24, 2.45) is 0 Å². The third-order valence-electron chi connectivity index (χ3n) is 5.52. The predicted octanol–water partition coefficient (Wildman–Crippen LogP) is 0.514. The van der Waals surface area contributed by atoms with Crippen molar-refractivity contribution in [2.75, 3.05) is 57.3 Å². The predicted molar refractivity (Wildman–Crippen MR) is 109 cm³/mol. The summed E-state index contributed by atoms with van der Waals surface area (Å²) in [5.41, 5.74) is 0.983. The van der Waals surface area contributed by atoms with Crippen LogP contribution in [0.1, 0.15) is 25.8 Å². The molecule has 0 bridgehead atoms. The number of nitrogens with zero attached hydrogens (tertiary/aromatic N) is 5. The summed E-state index contributed by atoms with van der Waals surface area (Å²) in [5, 5.41) is 2.96. The SMILES string of the molecule is CCC(=O)N1CCN(C(=O)NCc2ccnc(N3CCN(C(C)=O)CC3)c2)CC1. The van der Waals surface area contributed by atoms with Crippen LogP contribution in [0.4, 0.5) is 10.6 Å². The third-order valence-corrected chi connectivity index (χ3v) is 5.52. The van der Waals surface area contributed by atoms with Gasteiger partial charge in [0.05, 0.1) is 0 Å². The lowest BCUT2D eigenvalue weighted by molar-refractivity contribution is -0.132. The summed E-state index contributed by atoms with van der Waals surface area (Å²) in [7, 11) is 0. The molecule has 1 aromatic rings. The van der Waals surface area contributed by atoms with Crippen molar-refractivity contribution in [3.63, 3.8) is 0 Å². The van der Waals surface area contributed by atoms with Gasteiger partial charge in [-0.2, -0.15) is 0 Å². The Morgan fingerprint density at radius 2 is 1.59 bits per heavy atom. The van der Waals surface area contributed by atoms with E-state index < -0.39 is 0 Å². The standard InChI is InChI=1S/C20H30N6O3/c1-3-19(28)25-10-12-26(13-11-25)20(29)22-15-17-4-5-21-18(14-17)24-8-6-23(7-9-24)16(2)27/h4-5,14H,3,6-13,15H2,1-2H3,(H,22,29). The summed E-state index contributed by atoms with van der Waals surface area (Å²) in [6.07, 6.45) is 2.25. The second kappa shape index (κ2) is 9.58. The smallest absolute Gasteiger partial charge is 0.317 e. The number of anilines is 1. The van der Waals surface area contributed by atoms with Gasteiger partial charge in [0, 0.05) is 78.4 Å². The van der Waals surface area contributed by atoms with E-state index in [0.717, 1.165) is 24.5 Å². The normalized spacial score (nSPS) is 17.3. The van der Waals surface area contributed by atoms with Gasteiger partial charge in [-0.1, -0.05) is 6.92 Å². The number of piperazine rings is 2. The van der Waals surface area contributed by atoms with Gasteiger partial charge in [-0.3, -0.25) is 9.59 Å². The molecule has 9 nitrogen and oxygen atoms in total. The molecule has 0 radical (unpaired) electrons. The number of hydrogen-bond acceptors (Lipinski definition) is 5. The largest absolute Gasteiger partial charge is 0.353 e. The van der Waals surface area contributed by atoms with Crippen LogP contribution in [0.2, 0.25) is 0 Å². The topological polar surface area (TPSA) is 89.1 Å². The number of aromatic nitrogens is 1. The summed E-state index contributed by atoms with van der Waals surface area (Å²) in [4.78, 5) is 47.7. The summed E-state index contributed by atoms with van der Waals surface area (Å²) in [6.45, 7) is 9.07. The van der Waals surface area contributed by atoms with E-state index >= 15 is 0 Å². The maximum Gasteiger partial charge on any atom is 0.317 e. The highest BCUT2D eigenvalue weighted by atomic mass is 16.2. The van der Waals surface area contributed by atoms with E-state index in [-0.39, 0.29) is 17.8 Å². The Morgan fingerprint density at radius 1 is 0.966 bits per heavy atom. The Kier molecular flexibility index (Phi) is 6.90. The van der Waals surface area contributed by atoms with Crippen molar-refractivity contribution in [1.82, 2.24) is 25.0 Å². The Bertz CT molecular complexity index is 739. The van der Waals surface area contributed by atoms with Crippen LogP contribution in [0.5, 0.6) is 0 Å². The minimum atomic E-state index is -0.109. The van der Waals surface area contributed by atoms with Crippen LogP contribution in [0.15, 0.2) is 18.3 Å². The second-order valence-corrected chi connectivity index (χ2v) is 7.40. The number of pyridine rings is 1. The molecule has 0 atom stereocenters. The molecule has 0 aromatic carbocycles. The van der Waals surface area contributed by atoms with Crippen LogP contribution in [-0.4, -0.2) is 89.9 Å². The van der Waals surface area contributed by atoms with Crippen molar-refractivity contribution in [2.45, 2.75) is 26.8 Å². The third kappa shape index (κ3) is 5.36. The van der Waals surface area contributed by atoms with E-state index in [9.17, 15) is 14.4 Å². The van der Waals surface area contributed by atoms with Gasteiger partial charge in [0.15, 0.2) is 0 Å². The van der Waals surface area contributed by atoms with Crippen molar-refractivity contribution in [3.8, 4) is 0 Å². The van der Waals surface area contributed by atoms with E-state index in [1.54, 1.807) is 18.0 Å². The van der Waals surface area contributed by atoms with Crippen molar-refractivity contribution < 1.29 is 14.4 Å². The fourth-order valence-corrected chi connectivity index (χ4v) is 3.67. The number of carbonyl (C=O) groups is 3. The molecule has 0 aliphatic carbocycles. The molecule has 3 rings (SSSR count). The zero-order chi connectivity index (χ0) is 20.8. The molecule has 29 heavy (non-hydrogen) atoms. The number of rotatable bonds is 4. The van der Waals surface area contributed by atoms with Gasteiger partial charge in [-0.25, -0.2) is 9.78 Å². The highest BCUT2D eigenvalue weighted by Gasteiger charge is 2.23. The van der Waals surface area contributed by atoms with Crippen LogP contribution in [0.3, 0.4) is 0 Å². The lowest BCUT2D eigenvalue weighted by Crippen LogP contribution is -2.53. The van der Waals surface area contributed by atoms with Crippen molar-refractivity contribution in [1.29, 1.82) is 0 Å². The van der Waals surface area contributed by atoms with Gasteiger partial charge < -0.3 is 24.9 Å². The van der Waals surface area contributed by atoms with Crippen molar-refractivity contribution in [3.05, 3.63) is 23.9 Å². The first kappa shape index (κ1) is 20.9. The fraction of sp³-hybridized carbons (Fsp3) is 0.600. The molecule has 9 heteroatoms. The Labute approximate surface area is 171 Å². The van der Waals surface area contributed by atoms with Gasteiger partial charge in [0.25, 0.3) is 0 Å². The minimum Gasteiger partial charge on any atom is -0.353 e. The monoisotopic (exact) mass is 402 g/mol. The molecule has 2 aliphatic rings. The minimum absolute atomic E-state index is 0.106. The number of urea groups is 1. The van der Waals surface area contributed by atoms with Crippen LogP contribution in [-0.2, 0) is 16.1 Å². The van der Waals surface area contributed by atoms with E-state index in [2.05, 4.69) is 15.2 Å². The maximum absolute atomic E-state index is 12.5. The van der Waals surface area contributed by atoms with Crippen LogP contribution < -0.4 is 10.2 Å². The number of carbonyl (C=O) groups excluding carboxylic acids is 3. The summed E-state index contributed by atoms with van der Waals surface area (Å²) < 4.78 is 0. The van der Waals surface area contributed by atoms with Gasteiger partial charge in [-0.05, 0) is 17.7 Å². The first-order valence-corrected chi connectivity index (χ1v) is 10.2. The fourth-order valence-electron chi connectivity index (χ4n) is 3.67. The Hall–Kier alpha value is -2.84. The molecule has 1 N–H and O–H groups in total. The zero-order valence-corrected chi connectivity index (χ0v) is 17.3. The average Bonchev–Trinajstić information content (AvgIpc) is 2.77. The molecule has 3 heterocycles. The van der Waals surface area contributed by atoms with Crippen LogP contribution in [0, 0.1) is 0 Å². The average molecular weight is 402 g/mol. The number of nitrogens with one attached hydrogen (secondary N) is 1. The van der Waals surface area contributed by atoms with Gasteiger partial charge in [-0.15, -0.1) is 0 Å². The zero-order valence-electron chi connectivity index (χ0n) is 17.3. The van der Waals surface area contributed by atoms with Gasteiger partial charge in [0.1, 0.15) is 5.82 Å². The van der Waals surface area contributed by atoms with Gasteiger partial charge in [0.2, 0.25) is 11.8 Å². The molecule has 2 fully saturated rings. The lowest BCUT2D eigenvalue weighted by Gasteiger charge is -2.35. The van der Waals surface area contributed by atoms with E-state index in [4.69, 9.17) is 0 Å². The molecule has 0 saturated carbocycles. The highest BCUT2D eigenvalue weighted by Crippen LogP contribution is 2.15. The summed E-state index contributed by atoms with van der Waals surface area (Å²) in [6, 6.07) is 3.77. The Balaban J connectivity index is 1.48. The first-order chi connectivity index (χ1) is 14.0. The Morgan fingerprint density at radius 3 is 2.21 bits per heavy atom. The van der Waals surface area contributed by atoms with E-state index in [1.807, 2.05) is 28.9 Å². The summed E-state index contributed by atoms with van der Waals surface area (Å²) >= 11 is 0. The molecule has 2 aliphatic heterocycles. The van der Waals surface area contributed by atoms with Crippen molar-refractivity contribution >= 4 is 23.7 Å². The lowest BCUT2D eigenvalue weighted by atomic mass is 10.2. The van der Waals surface area contributed by atoms with Crippen LogP contribution >= 0.6 is 0 Å². The molecule has 4 amide bonds. The highest BCUT2D eigenvalue weighted by molar-refractivity contribution is 5.77. The molecular weight excluding hydrogens is 372 g/mol.